The van der Waals surface area contributed by atoms with Crippen LogP contribution in [0, 0.1) is 0 Å². The molecule has 2 N–H and O–H groups in total. The quantitative estimate of drug-likeness (QED) is 0.827. The molecule has 0 saturated carbocycles. The van der Waals surface area contributed by atoms with Crippen molar-refractivity contribution in [2.75, 3.05) is 36.2 Å². The van der Waals surface area contributed by atoms with E-state index in [0.717, 1.165) is 11.4 Å². The van der Waals surface area contributed by atoms with Crippen LogP contribution in [0.4, 0.5) is 17.1 Å². The van der Waals surface area contributed by atoms with Gasteiger partial charge in [0.05, 0.1) is 18.7 Å². The fraction of sp³-hybridized carbons (Fsp3) is 0.222. The van der Waals surface area contributed by atoms with Gasteiger partial charge in [0.2, 0.25) is 11.8 Å². The summed E-state index contributed by atoms with van der Waals surface area (Å²) in [6.45, 7) is 1.59. The van der Waals surface area contributed by atoms with Gasteiger partial charge in [-0.25, -0.2) is 0 Å². The summed E-state index contributed by atoms with van der Waals surface area (Å²) < 4.78 is 5.08. The number of rotatable bonds is 6. The van der Waals surface area contributed by atoms with Crippen molar-refractivity contribution in [1.82, 2.24) is 0 Å². The Morgan fingerprint density at radius 3 is 2.32 bits per heavy atom. The number of benzene rings is 2. The molecule has 0 saturated heterocycles. The molecule has 0 unspecified atom stereocenters. The van der Waals surface area contributed by atoms with Gasteiger partial charge in [0, 0.05) is 31.0 Å². The maximum atomic E-state index is 12.0. The predicted octanol–water partition coefficient (Wildman–Crippen LogP) is 3.38. The van der Waals surface area contributed by atoms with E-state index in [1.807, 2.05) is 0 Å². The summed E-state index contributed by atoms with van der Waals surface area (Å²) >= 11 is 6.04. The third-order valence-electron chi connectivity index (χ3n) is 3.62. The molecule has 2 amide bonds. The monoisotopic (exact) mass is 361 g/mol. The number of anilines is 3. The molecule has 0 fully saturated rings. The summed E-state index contributed by atoms with van der Waals surface area (Å²) in [6.07, 6.45) is 0. The van der Waals surface area contributed by atoms with E-state index in [2.05, 4.69) is 10.6 Å². The minimum Gasteiger partial charge on any atom is -0.495 e. The molecule has 0 heterocycles. The van der Waals surface area contributed by atoms with Crippen molar-refractivity contribution in [3.8, 4) is 5.75 Å². The van der Waals surface area contributed by atoms with Gasteiger partial charge in [-0.2, -0.15) is 0 Å². The molecule has 7 heteroatoms. The summed E-state index contributed by atoms with van der Waals surface area (Å²) in [6, 6.07) is 12.2. The van der Waals surface area contributed by atoms with Crippen molar-refractivity contribution in [3.63, 3.8) is 0 Å². The average Bonchev–Trinajstić information content (AvgIpc) is 2.60. The van der Waals surface area contributed by atoms with Crippen LogP contribution in [0.2, 0.25) is 5.02 Å². The maximum absolute atomic E-state index is 12.0. The van der Waals surface area contributed by atoms with E-state index in [-0.39, 0.29) is 18.4 Å². The third kappa shape index (κ3) is 5.12. The summed E-state index contributed by atoms with van der Waals surface area (Å²) in [5.41, 5.74) is 2.14. The van der Waals surface area contributed by atoms with E-state index in [9.17, 15) is 9.59 Å². The van der Waals surface area contributed by atoms with Crippen LogP contribution in [0.5, 0.6) is 5.75 Å². The highest BCUT2D eigenvalue weighted by Gasteiger charge is 2.07. The first-order valence-corrected chi connectivity index (χ1v) is 8.00. The zero-order chi connectivity index (χ0) is 18.4. The minimum atomic E-state index is -0.195. The van der Waals surface area contributed by atoms with E-state index in [4.69, 9.17) is 16.3 Å². The highest BCUT2D eigenvalue weighted by Crippen LogP contribution is 2.27. The lowest BCUT2D eigenvalue weighted by Gasteiger charge is -2.15. The van der Waals surface area contributed by atoms with Crippen LogP contribution in [0.3, 0.4) is 0 Å². The van der Waals surface area contributed by atoms with E-state index in [0.29, 0.717) is 16.5 Å². The van der Waals surface area contributed by atoms with Gasteiger partial charge in [-0.15, -0.1) is 0 Å². The number of nitrogens with zero attached hydrogens (tertiary/aromatic N) is 1. The normalized spacial score (nSPS) is 10.1. The number of ether oxygens (including phenoxy) is 1. The number of amides is 2. The lowest BCUT2D eigenvalue weighted by atomic mass is 10.2. The summed E-state index contributed by atoms with van der Waals surface area (Å²) in [5.74, 6) is 0.325. The summed E-state index contributed by atoms with van der Waals surface area (Å²) in [5, 5.41) is 6.25. The zero-order valence-corrected chi connectivity index (χ0v) is 15.1. The van der Waals surface area contributed by atoms with Gasteiger partial charge in [-0.3, -0.25) is 9.59 Å². The minimum absolute atomic E-state index is 0.0564. The van der Waals surface area contributed by atoms with E-state index in [1.54, 1.807) is 56.6 Å². The molecule has 0 aromatic heterocycles. The van der Waals surface area contributed by atoms with Gasteiger partial charge >= 0.3 is 0 Å². The van der Waals surface area contributed by atoms with Crippen LogP contribution in [0.15, 0.2) is 42.5 Å². The van der Waals surface area contributed by atoms with E-state index < -0.39 is 0 Å². The number of methoxy groups -OCH3 is 1. The summed E-state index contributed by atoms with van der Waals surface area (Å²) in [4.78, 5) is 24.9. The Hall–Kier alpha value is -2.73. The molecule has 0 bridgehead atoms. The molecule has 0 radical (unpaired) electrons. The molecular weight excluding hydrogens is 342 g/mol. The van der Waals surface area contributed by atoms with E-state index in [1.165, 1.54) is 11.8 Å². The number of carbonyl (C=O) groups excluding carboxylic acids is 2. The zero-order valence-electron chi connectivity index (χ0n) is 14.3. The Morgan fingerprint density at radius 1 is 1.12 bits per heavy atom. The number of nitrogens with one attached hydrogen (secondary N) is 2. The standard InChI is InChI=1S/C18H20ClN3O3/c1-12(23)22(2)15-7-4-13(5-8-15)21-18(24)11-20-14-6-9-17(25-3)16(19)10-14/h4-10,20H,11H2,1-3H3,(H,21,24). The lowest BCUT2D eigenvalue weighted by Crippen LogP contribution is -2.23. The molecule has 0 aliphatic rings. The van der Waals surface area contributed by atoms with Crippen LogP contribution in [0.25, 0.3) is 0 Å². The van der Waals surface area contributed by atoms with Gasteiger partial charge < -0.3 is 20.3 Å². The van der Waals surface area contributed by atoms with Crippen LogP contribution in [-0.4, -0.2) is 32.5 Å². The molecule has 2 aromatic rings. The molecule has 0 aliphatic carbocycles. The largest absolute Gasteiger partial charge is 0.495 e. The van der Waals surface area contributed by atoms with Crippen molar-refractivity contribution < 1.29 is 14.3 Å². The Morgan fingerprint density at radius 2 is 1.76 bits per heavy atom. The Kier molecular flexibility index (Phi) is 6.25. The molecule has 132 valence electrons. The van der Waals surface area contributed by atoms with Gasteiger partial charge in [0.25, 0.3) is 0 Å². The van der Waals surface area contributed by atoms with Crippen LogP contribution in [-0.2, 0) is 9.59 Å². The predicted molar refractivity (Wildman–Crippen MR) is 101 cm³/mol. The number of hydrogen-bond acceptors (Lipinski definition) is 4. The van der Waals surface area contributed by atoms with Crippen molar-refractivity contribution in [3.05, 3.63) is 47.5 Å². The first-order valence-electron chi connectivity index (χ1n) is 7.62. The molecule has 0 aliphatic heterocycles. The maximum Gasteiger partial charge on any atom is 0.243 e. The smallest absolute Gasteiger partial charge is 0.243 e. The topological polar surface area (TPSA) is 70.7 Å². The van der Waals surface area contributed by atoms with E-state index >= 15 is 0 Å². The fourth-order valence-corrected chi connectivity index (χ4v) is 2.37. The van der Waals surface area contributed by atoms with Crippen molar-refractivity contribution in [2.45, 2.75) is 6.92 Å². The van der Waals surface area contributed by atoms with Crippen LogP contribution < -0.4 is 20.3 Å². The summed E-state index contributed by atoms with van der Waals surface area (Å²) in [7, 11) is 3.24. The Balaban J connectivity index is 1.90. The second-order valence-corrected chi connectivity index (χ2v) is 5.78. The second kappa shape index (κ2) is 8.39. The van der Waals surface area contributed by atoms with Crippen molar-refractivity contribution >= 4 is 40.5 Å². The van der Waals surface area contributed by atoms with Gasteiger partial charge in [-0.1, -0.05) is 11.6 Å². The molecule has 2 aromatic carbocycles. The fourth-order valence-electron chi connectivity index (χ4n) is 2.11. The second-order valence-electron chi connectivity index (χ2n) is 5.38. The van der Waals surface area contributed by atoms with Gasteiger partial charge in [0.1, 0.15) is 5.75 Å². The third-order valence-corrected chi connectivity index (χ3v) is 3.91. The number of hydrogen-bond donors (Lipinski definition) is 2. The molecule has 6 nitrogen and oxygen atoms in total. The molecule has 2 rings (SSSR count). The molecule has 0 atom stereocenters. The highest BCUT2D eigenvalue weighted by atomic mass is 35.5. The van der Waals surface area contributed by atoms with Gasteiger partial charge in [0.15, 0.2) is 0 Å². The first-order chi connectivity index (χ1) is 11.9. The average molecular weight is 362 g/mol. The molecular formula is C18H20ClN3O3. The van der Waals surface area contributed by atoms with Crippen molar-refractivity contribution in [1.29, 1.82) is 0 Å². The van der Waals surface area contributed by atoms with Gasteiger partial charge in [-0.05, 0) is 42.5 Å². The Bertz CT molecular complexity index is 763. The van der Waals surface area contributed by atoms with Crippen LogP contribution >= 0.6 is 11.6 Å². The number of halogens is 1. The highest BCUT2D eigenvalue weighted by molar-refractivity contribution is 6.32. The van der Waals surface area contributed by atoms with Crippen LogP contribution in [0.1, 0.15) is 6.92 Å². The lowest BCUT2D eigenvalue weighted by molar-refractivity contribution is -0.116. The molecule has 25 heavy (non-hydrogen) atoms. The SMILES string of the molecule is COc1ccc(NCC(=O)Nc2ccc(N(C)C(C)=O)cc2)cc1Cl. The van der Waals surface area contributed by atoms with Crippen molar-refractivity contribution in [2.24, 2.45) is 0 Å². The first kappa shape index (κ1) is 18.6. The number of carbonyl (C=O) groups is 2. The molecule has 0 spiro atoms. The Labute approximate surface area is 151 Å².